The summed E-state index contributed by atoms with van der Waals surface area (Å²) in [5.74, 6) is -3.44. The average molecular weight is 579 g/mol. The lowest BCUT2D eigenvalue weighted by molar-refractivity contribution is -0.159. The van der Waals surface area contributed by atoms with Crippen LogP contribution in [-0.2, 0) is 23.7 Å². The van der Waals surface area contributed by atoms with Crippen LogP contribution in [-0.4, -0.2) is 108 Å². The molecule has 2 bridgehead atoms. The molecule has 4 rings (SSSR count). The van der Waals surface area contributed by atoms with Crippen LogP contribution in [0.4, 0.5) is 0 Å². The van der Waals surface area contributed by atoms with Crippen molar-refractivity contribution in [3.05, 3.63) is 54.2 Å². The highest BCUT2D eigenvalue weighted by atomic mass is 16.6. The lowest BCUT2D eigenvalue weighted by Crippen LogP contribution is -2.66. The second kappa shape index (κ2) is 13.4. The number of piperazine rings is 1. The van der Waals surface area contributed by atoms with Gasteiger partial charge in [0.25, 0.3) is 5.91 Å². The van der Waals surface area contributed by atoms with Crippen LogP contribution in [0.25, 0.3) is 11.3 Å². The van der Waals surface area contributed by atoms with E-state index in [2.05, 4.69) is 15.6 Å². The fourth-order valence-corrected chi connectivity index (χ4v) is 5.17. The Morgan fingerprint density at radius 1 is 0.976 bits per heavy atom. The van der Waals surface area contributed by atoms with Gasteiger partial charge in [-0.2, -0.15) is 0 Å². The van der Waals surface area contributed by atoms with Crippen molar-refractivity contribution in [2.45, 2.75) is 57.4 Å². The summed E-state index contributed by atoms with van der Waals surface area (Å²) in [4.78, 5) is 60.8. The number of nitrogens with zero attached hydrogens (tertiary/aromatic N) is 3. The zero-order valence-corrected chi connectivity index (χ0v) is 24.5. The van der Waals surface area contributed by atoms with E-state index in [4.69, 9.17) is 9.31 Å². The first kappa shape index (κ1) is 31.1. The Hall–Kier alpha value is -3.81. The molecule has 0 radical (unpaired) electrons. The molecule has 0 aliphatic carbocycles. The molecule has 42 heavy (non-hydrogen) atoms. The van der Waals surface area contributed by atoms with Crippen LogP contribution in [0.1, 0.15) is 37.7 Å². The Balaban J connectivity index is 1.51. The van der Waals surface area contributed by atoms with Crippen molar-refractivity contribution in [3.8, 4) is 11.3 Å². The van der Waals surface area contributed by atoms with Crippen LogP contribution in [0.5, 0.6) is 0 Å². The highest BCUT2D eigenvalue weighted by molar-refractivity contribution is 6.51. The zero-order chi connectivity index (χ0) is 30.6. The standard InChI is InChI=1S/C29H38BN5O7/c1-17(2)14-24(30-41-28(39)22-15-34(4)16-23(35(22)5)29(40)42-30)32-27(38)25(18(3)36)33-26(37)21-13-9-12-20(31-21)19-10-7-6-8-11-19/h6-13,17-18,22-25,36H,14-16H2,1-5H3,(H,32,38)(H,33,37)/t18?,22-,23+,24?,25?. The summed E-state index contributed by atoms with van der Waals surface area (Å²) in [7, 11) is 2.11. The zero-order valence-electron chi connectivity index (χ0n) is 24.5. The van der Waals surface area contributed by atoms with Gasteiger partial charge in [0.2, 0.25) is 5.91 Å². The third-order valence-corrected chi connectivity index (χ3v) is 7.45. The molecule has 1 aromatic heterocycles. The first-order chi connectivity index (χ1) is 19.9. The number of carbonyl (C=O) groups is 4. The molecule has 0 saturated carbocycles. The lowest BCUT2D eigenvalue weighted by Gasteiger charge is -2.43. The largest absolute Gasteiger partial charge is 0.622 e. The quantitative estimate of drug-likeness (QED) is 0.359. The highest BCUT2D eigenvalue weighted by Gasteiger charge is 2.49. The van der Waals surface area contributed by atoms with Gasteiger partial charge in [-0.25, -0.2) is 4.98 Å². The van der Waals surface area contributed by atoms with Gasteiger partial charge in [0, 0.05) is 18.7 Å². The minimum atomic E-state index is -1.38. The van der Waals surface area contributed by atoms with E-state index < -0.39 is 61.0 Å². The fourth-order valence-electron chi connectivity index (χ4n) is 5.17. The lowest BCUT2D eigenvalue weighted by atomic mass is 9.73. The number of fused-ring (bicyclic) bond motifs is 2. The molecule has 3 unspecified atom stereocenters. The number of hydrogen-bond acceptors (Lipinski definition) is 10. The molecule has 2 saturated heterocycles. The minimum Gasteiger partial charge on any atom is -0.497 e. The number of likely N-dealkylation sites (N-methyl/N-ethyl adjacent to an activating group) is 2. The molecule has 5 atom stereocenters. The van der Waals surface area contributed by atoms with Gasteiger partial charge in [0.15, 0.2) is 0 Å². The molecule has 2 amide bonds. The Bertz CT molecular complexity index is 1270. The average Bonchev–Trinajstić information content (AvgIpc) is 2.95. The van der Waals surface area contributed by atoms with Gasteiger partial charge in [-0.3, -0.25) is 24.1 Å². The minimum absolute atomic E-state index is 0.0102. The van der Waals surface area contributed by atoms with E-state index in [-0.39, 0.29) is 11.6 Å². The summed E-state index contributed by atoms with van der Waals surface area (Å²) in [6, 6.07) is 11.6. The summed E-state index contributed by atoms with van der Waals surface area (Å²) < 4.78 is 11.3. The molecular formula is C29H38BN5O7. The van der Waals surface area contributed by atoms with Gasteiger partial charge in [0.1, 0.15) is 23.8 Å². The van der Waals surface area contributed by atoms with Gasteiger partial charge in [0.05, 0.1) is 17.7 Å². The van der Waals surface area contributed by atoms with Crippen LogP contribution in [0.2, 0.25) is 0 Å². The third kappa shape index (κ3) is 7.33. The number of aliphatic hydroxyl groups is 1. The molecule has 2 aliphatic heterocycles. The van der Waals surface area contributed by atoms with Gasteiger partial charge >= 0.3 is 19.1 Å². The van der Waals surface area contributed by atoms with Gasteiger partial charge < -0.3 is 29.9 Å². The number of amides is 2. The molecule has 224 valence electrons. The Labute approximate surface area is 245 Å². The maximum absolute atomic E-state index is 13.5. The first-order valence-electron chi connectivity index (χ1n) is 14.1. The first-order valence-corrected chi connectivity index (χ1v) is 14.1. The van der Waals surface area contributed by atoms with Crippen molar-refractivity contribution in [1.82, 2.24) is 25.4 Å². The van der Waals surface area contributed by atoms with Crippen molar-refractivity contribution in [1.29, 1.82) is 0 Å². The van der Waals surface area contributed by atoms with Crippen LogP contribution in [0.3, 0.4) is 0 Å². The van der Waals surface area contributed by atoms with Crippen molar-refractivity contribution >= 4 is 30.9 Å². The van der Waals surface area contributed by atoms with E-state index in [0.717, 1.165) is 5.56 Å². The highest BCUT2D eigenvalue weighted by Crippen LogP contribution is 2.22. The Morgan fingerprint density at radius 2 is 1.60 bits per heavy atom. The maximum atomic E-state index is 13.5. The summed E-state index contributed by atoms with van der Waals surface area (Å²) >= 11 is 0. The predicted molar refractivity (Wildman–Crippen MR) is 155 cm³/mol. The SMILES string of the molecule is CC(C)CC(NC(=O)C(NC(=O)c1cccc(-c2ccccc2)n1)C(C)O)B1OC(=O)[C@H]2CN(C)C[C@@H](C(=O)O1)N2C. The molecule has 13 heteroatoms. The Kier molecular flexibility index (Phi) is 9.97. The number of aromatic nitrogens is 1. The topological polar surface area (TPSA) is 150 Å². The molecule has 2 fully saturated rings. The van der Waals surface area contributed by atoms with E-state index in [9.17, 15) is 24.3 Å². The van der Waals surface area contributed by atoms with E-state index in [1.165, 1.54) is 13.0 Å². The van der Waals surface area contributed by atoms with Crippen LogP contribution in [0.15, 0.2) is 48.5 Å². The van der Waals surface area contributed by atoms with Crippen LogP contribution >= 0.6 is 0 Å². The number of carbonyl (C=O) groups excluding carboxylic acids is 4. The second-order valence-corrected chi connectivity index (χ2v) is 11.4. The van der Waals surface area contributed by atoms with Crippen LogP contribution < -0.4 is 10.6 Å². The van der Waals surface area contributed by atoms with Crippen molar-refractivity contribution in [2.24, 2.45) is 5.92 Å². The number of aliphatic hydroxyl groups excluding tert-OH is 1. The second-order valence-electron chi connectivity index (χ2n) is 11.4. The molecule has 3 N–H and O–H groups in total. The number of pyridine rings is 1. The molecule has 1 aromatic carbocycles. The number of hydrogen-bond donors (Lipinski definition) is 3. The van der Waals surface area contributed by atoms with E-state index in [0.29, 0.717) is 25.2 Å². The number of benzene rings is 1. The predicted octanol–water partition coefficient (Wildman–Crippen LogP) is 0.501. The van der Waals surface area contributed by atoms with Gasteiger partial charge in [-0.05, 0) is 45.5 Å². The van der Waals surface area contributed by atoms with E-state index in [1.54, 1.807) is 24.1 Å². The van der Waals surface area contributed by atoms with Gasteiger partial charge in [-0.15, -0.1) is 0 Å². The maximum Gasteiger partial charge on any atom is 0.622 e. The molecule has 2 aliphatic rings. The van der Waals surface area contributed by atoms with Crippen molar-refractivity contribution < 1.29 is 33.6 Å². The Morgan fingerprint density at radius 3 is 2.17 bits per heavy atom. The monoisotopic (exact) mass is 579 g/mol. The normalized spacial score (nSPS) is 21.8. The molecule has 12 nitrogen and oxygen atoms in total. The van der Waals surface area contributed by atoms with Crippen molar-refractivity contribution in [3.63, 3.8) is 0 Å². The summed E-state index contributed by atoms with van der Waals surface area (Å²) in [5.41, 5.74) is 1.46. The summed E-state index contributed by atoms with van der Waals surface area (Å²) in [5, 5.41) is 15.8. The number of nitrogens with one attached hydrogen (secondary N) is 2. The van der Waals surface area contributed by atoms with Crippen LogP contribution in [0, 0.1) is 5.92 Å². The smallest absolute Gasteiger partial charge is 0.497 e. The third-order valence-electron chi connectivity index (χ3n) is 7.45. The summed E-state index contributed by atoms with van der Waals surface area (Å²) in [6.07, 6.45) is -0.986. The van der Waals surface area contributed by atoms with E-state index >= 15 is 0 Å². The van der Waals surface area contributed by atoms with Gasteiger partial charge in [-0.1, -0.05) is 50.2 Å². The molecule has 0 spiro atoms. The van der Waals surface area contributed by atoms with E-state index in [1.807, 2.05) is 56.1 Å². The summed E-state index contributed by atoms with van der Waals surface area (Å²) in [6.45, 7) is 5.94. The number of rotatable bonds is 9. The fraction of sp³-hybridized carbons (Fsp3) is 0.483. The molecular weight excluding hydrogens is 541 g/mol. The van der Waals surface area contributed by atoms with Crippen molar-refractivity contribution in [2.75, 3.05) is 27.2 Å². The molecule has 2 aromatic rings. The molecule has 3 heterocycles.